The molecule has 22 heavy (non-hydrogen) atoms. The summed E-state index contributed by atoms with van der Waals surface area (Å²) in [5.74, 6) is -0.787. The van der Waals surface area contributed by atoms with Gasteiger partial charge in [-0.1, -0.05) is 13.8 Å². The summed E-state index contributed by atoms with van der Waals surface area (Å²) in [6, 6.07) is 1.30. The molecule has 2 aromatic heterocycles. The molecule has 0 aromatic carbocycles. The van der Waals surface area contributed by atoms with E-state index in [9.17, 15) is 9.59 Å². The molecule has 118 valence electrons. The van der Waals surface area contributed by atoms with E-state index in [-0.39, 0.29) is 11.8 Å². The lowest BCUT2D eigenvalue weighted by Gasteiger charge is -2.19. The monoisotopic (exact) mass is 338 g/mol. The number of methoxy groups -OCH3 is 1. The van der Waals surface area contributed by atoms with E-state index in [0.29, 0.717) is 10.6 Å². The first-order chi connectivity index (χ1) is 10.4. The number of carbonyl (C=O) groups is 2. The van der Waals surface area contributed by atoms with Crippen molar-refractivity contribution in [2.75, 3.05) is 7.11 Å². The van der Waals surface area contributed by atoms with Gasteiger partial charge in [0.05, 0.1) is 12.8 Å². The van der Waals surface area contributed by atoms with E-state index in [2.05, 4.69) is 10.3 Å². The molecule has 5 nitrogen and oxygen atoms in total. The van der Waals surface area contributed by atoms with Crippen LogP contribution in [-0.4, -0.2) is 30.0 Å². The van der Waals surface area contributed by atoms with Crippen LogP contribution in [0, 0.1) is 12.8 Å². The van der Waals surface area contributed by atoms with Crippen molar-refractivity contribution in [3.63, 3.8) is 0 Å². The van der Waals surface area contributed by atoms with Gasteiger partial charge in [0.15, 0.2) is 0 Å². The number of thiophene rings is 1. The summed E-state index contributed by atoms with van der Waals surface area (Å²) in [5, 5.41) is 7.51. The first-order valence-corrected chi connectivity index (χ1v) is 8.58. The number of aryl methyl sites for hydroxylation is 1. The van der Waals surface area contributed by atoms with Crippen LogP contribution in [0.4, 0.5) is 0 Å². The van der Waals surface area contributed by atoms with Crippen molar-refractivity contribution in [3.05, 3.63) is 27.4 Å². The van der Waals surface area contributed by atoms with Crippen LogP contribution in [0.5, 0.6) is 0 Å². The van der Waals surface area contributed by atoms with Crippen molar-refractivity contribution < 1.29 is 14.3 Å². The van der Waals surface area contributed by atoms with E-state index < -0.39 is 12.0 Å². The highest BCUT2D eigenvalue weighted by molar-refractivity contribution is 7.17. The van der Waals surface area contributed by atoms with Gasteiger partial charge in [-0.05, 0) is 24.3 Å². The molecule has 0 aliphatic carbocycles. The molecule has 1 atom stereocenters. The second-order valence-corrected chi connectivity index (χ2v) is 6.94. The Hall–Kier alpha value is -1.73. The Morgan fingerprint density at radius 3 is 2.64 bits per heavy atom. The Balaban J connectivity index is 2.21. The van der Waals surface area contributed by atoms with E-state index in [0.717, 1.165) is 10.6 Å². The van der Waals surface area contributed by atoms with Crippen LogP contribution in [-0.2, 0) is 9.53 Å². The fourth-order valence-corrected chi connectivity index (χ4v) is 3.63. The average molecular weight is 338 g/mol. The maximum absolute atomic E-state index is 12.4. The molecular weight excluding hydrogens is 320 g/mol. The topological polar surface area (TPSA) is 68.3 Å². The first-order valence-electron chi connectivity index (χ1n) is 6.82. The van der Waals surface area contributed by atoms with E-state index in [1.165, 1.54) is 18.4 Å². The van der Waals surface area contributed by atoms with Gasteiger partial charge in [-0.25, -0.2) is 9.78 Å². The number of hydrogen-bond acceptors (Lipinski definition) is 6. The van der Waals surface area contributed by atoms with Crippen LogP contribution in [0.15, 0.2) is 16.8 Å². The van der Waals surface area contributed by atoms with Crippen molar-refractivity contribution in [1.29, 1.82) is 0 Å². The molecule has 0 aliphatic heterocycles. The van der Waals surface area contributed by atoms with Crippen molar-refractivity contribution in [3.8, 4) is 10.6 Å². The summed E-state index contributed by atoms with van der Waals surface area (Å²) >= 11 is 2.91. The molecule has 0 fully saturated rings. The number of hydrogen-bond donors (Lipinski definition) is 1. The third-order valence-electron chi connectivity index (χ3n) is 3.18. The minimum absolute atomic E-state index is 0.0547. The smallest absolute Gasteiger partial charge is 0.328 e. The van der Waals surface area contributed by atoms with Crippen molar-refractivity contribution in [1.82, 2.24) is 10.3 Å². The van der Waals surface area contributed by atoms with Crippen molar-refractivity contribution in [2.24, 2.45) is 5.92 Å². The summed E-state index contributed by atoms with van der Waals surface area (Å²) in [4.78, 5) is 29.2. The number of nitrogens with zero attached hydrogens (tertiary/aromatic N) is 1. The van der Waals surface area contributed by atoms with Crippen LogP contribution in [0.1, 0.15) is 29.2 Å². The summed E-state index contributed by atoms with van der Waals surface area (Å²) in [5.41, 5.74) is 1.67. The van der Waals surface area contributed by atoms with Gasteiger partial charge in [-0.2, -0.15) is 11.3 Å². The predicted molar refractivity (Wildman–Crippen MR) is 88.3 cm³/mol. The Morgan fingerprint density at radius 2 is 2.09 bits per heavy atom. The fraction of sp³-hybridized carbons (Fsp3) is 0.400. The zero-order valence-electron chi connectivity index (χ0n) is 12.9. The predicted octanol–water partition coefficient (Wildman–Crippen LogP) is 3.11. The highest BCUT2D eigenvalue weighted by Crippen LogP contribution is 2.29. The third-order valence-corrected chi connectivity index (χ3v) is 5.07. The number of carbonyl (C=O) groups excluding carboxylic acids is 2. The van der Waals surface area contributed by atoms with Gasteiger partial charge in [-0.15, -0.1) is 11.3 Å². The van der Waals surface area contributed by atoms with Gasteiger partial charge in [0.1, 0.15) is 15.9 Å². The second kappa shape index (κ2) is 7.02. The van der Waals surface area contributed by atoms with Crippen LogP contribution < -0.4 is 5.32 Å². The molecule has 0 aliphatic rings. The first kappa shape index (κ1) is 16.6. The molecule has 2 aromatic rings. The molecule has 2 rings (SSSR count). The van der Waals surface area contributed by atoms with Gasteiger partial charge in [0.25, 0.3) is 5.91 Å². The molecule has 2 heterocycles. The summed E-state index contributed by atoms with van der Waals surface area (Å²) in [6.07, 6.45) is 0. The van der Waals surface area contributed by atoms with Gasteiger partial charge in [0, 0.05) is 10.9 Å². The molecular formula is C15H18N2O3S2. The molecule has 1 N–H and O–H groups in total. The summed E-state index contributed by atoms with van der Waals surface area (Å²) in [7, 11) is 1.32. The number of amides is 1. The van der Waals surface area contributed by atoms with Crippen molar-refractivity contribution >= 4 is 34.6 Å². The third kappa shape index (κ3) is 3.53. The van der Waals surface area contributed by atoms with E-state index in [1.54, 1.807) is 18.3 Å². The maximum Gasteiger partial charge on any atom is 0.328 e. The Bertz CT molecular complexity index is 662. The molecule has 0 unspecified atom stereocenters. The quantitative estimate of drug-likeness (QED) is 0.851. The molecule has 0 saturated carbocycles. The average Bonchev–Trinajstić information content (AvgIpc) is 3.12. The lowest BCUT2D eigenvalue weighted by molar-refractivity contribution is -0.144. The minimum atomic E-state index is -0.663. The van der Waals surface area contributed by atoms with E-state index >= 15 is 0 Å². The van der Waals surface area contributed by atoms with Crippen LogP contribution in [0.3, 0.4) is 0 Å². The zero-order chi connectivity index (χ0) is 16.3. The lowest BCUT2D eigenvalue weighted by atomic mass is 10.0. The van der Waals surface area contributed by atoms with Gasteiger partial charge in [0.2, 0.25) is 0 Å². The minimum Gasteiger partial charge on any atom is -0.467 e. The van der Waals surface area contributed by atoms with Crippen LogP contribution >= 0.6 is 22.7 Å². The van der Waals surface area contributed by atoms with E-state index in [4.69, 9.17) is 4.74 Å². The number of nitrogens with one attached hydrogen (secondary N) is 1. The Labute approximate surface area is 137 Å². The molecule has 7 heteroatoms. The molecule has 0 spiro atoms. The molecule has 1 amide bonds. The standard InChI is InChI=1S/C15H18N2O3S2/c1-8(2)11(15(19)20-4)17-13(18)12-9(3)16-14(22-12)10-5-6-21-7-10/h5-8,11H,1-4H3,(H,17,18)/t11-/m0/s1. The molecule has 0 bridgehead atoms. The number of rotatable bonds is 5. The largest absolute Gasteiger partial charge is 0.467 e. The number of aromatic nitrogens is 1. The fourth-order valence-electron chi connectivity index (χ4n) is 1.95. The zero-order valence-corrected chi connectivity index (χ0v) is 14.5. The summed E-state index contributed by atoms with van der Waals surface area (Å²) in [6.45, 7) is 5.51. The molecule has 0 saturated heterocycles. The van der Waals surface area contributed by atoms with Crippen LogP contribution in [0.25, 0.3) is 10.6 Å². The highest BCUT2D eigenvalue weighted by atomic mass is 32.1. The van der Waals surface area contributed by atoms with E-state index in [1.807, 2.05) is 30.7 Å². The highest BCUT2D eigenvalue weighted by Gasteiger charge is 2.27. The second-order valence-electron chi connectivity index (χ2n) is 5.16. The number of thiazole rings is 1. The maximum atomic E-state index is 12.4. The molecule has 0 radical (unpaired) electrons. The van der Waals surface area contributed by atoms with Crippen molar-refractivity contribution in [2.45, 2.75) is 26.8 Å². The Morgan fingerprint density at radius 1 is 1.36 bits per heavy atom. The SMILES string of the molecule is COC(=O)[C@@H](NC(=O)c1sc(-c2ccsc2)nc1C)C(C)C. The van der Waals surface area contributed by atoms with Gasteiger partial charge in [-0.3, -0.25) is 4.79 Å². The normalized spacial score (nSPS) is 12.2. The summed E-state index contributed by atoms with van der Waals surface area (Å²) < 4.78 is 4.74. The lowest BCUT2D eigenvalue weighted by Crippen LogP contribution is -2.44. The number of esters is 1. The van der Waals surface area contributed by atoms with Crippen LogP contribution in [0.2, 0.25) is 0 Å². The Kier molecular flexibility index (Phi) is 5.31. The van der Waals surface area contributed by atoms with Gasteiger partial charge < -0.3 is 10.1 Å². The number of ether oxygens (including phenoxy) is 1. The van der Waals surface area contributed by atoms with Gasteiger partial charge >= 0.3 is 5.97 Å².